The third kappa shape index (κ3) is 7.70. The Bertz CT molecular complexity index is 1610. The van der Waals surface area contributed by atoms with Gasteiger partial charge in [-0.05, 0) is 48.5 Å². The first-order valence-corrected chi connectivity index (χ1v) is 15.7. The Morgan fingerprint density at radius 1 is 0.821 bits per heavy atom. The first-order chi connectivity index (χ1) is 18.7. The van der Waals surface area contributed by atoms with Crippen LogP contribution < -0.4 is 14.8 Å². The molecule has 2 heterocycles. The van der Waals surface area contributed by atoms with Crippen molar-refractivity contribution in [3.05, 3.63) is 82.7 Å². The van der Waals surface area contributed by atoms with Gasteiger partial charge in [0, 0.05) is 49.5 Å². The van der Waals surface area contributed by atoms with Crippen LogP contribution in [0.2, 0.25) is 10.0 Å². The Kier molecular flexibility index (Phi) is 9.83. The highest BCUT2D eigenvalue weighted by molar-refractivity contribution is 7.92. The van der Waals surface area contributed by atoms with Gasteiger partial charge in [0.2, 0.25) is 10.0 Å². The van der Waals surface area contributed by atoms with Gasteiger partial charge in [0.25, 0.3) is 10.0 Å². The molecule has 0 saturated heterocycles. The lowest BCUT2D eigenvalue weighted by Gasteiger charge is -2.11. The third-order valence-electron chi connectivity index (χ3n) is 5.67. The van der Waals surface area contributed by atoms with Gasteiger partial charge in [-0.2, -0.15) is 0 Å². The maximum atomic E-state index is 12.9. The second-order valence-corrected chi connectivity index (χ2v) is 12.7. The van der Waals surface area contributed by atoms with Crippen molar-refractivity contribution in [3.63, 3.8) is 0 Å². The second-order valence-electron chi connectivity index (χ2n) is 8.39. The van der Waals surface area contributed by atoms with Crippen LogP contribution in [0.15, 0.2) is 76.8 Å². The van der Waals surface area contributed by atoms with E-state index in [1.807, 2.05) is 18.2 Å². The largest absolute Gasteiger partial charge is 0.380 e. The van der Waals surface area contributed by atoms with Crippen molar-refractivity contribution in [2.24, 2.45) is 0 Å². The first kappa shape index (κ1) is 29.3. The Morgan fingerprint density at radius 2 is 1.56 bits per heavy atom. The minimum Gasteiger partial charge on any atom is -0.380 e. The van der Waals surface area contributed by atoms with Crippen LogP contribution in [0.5, 0.6) is 0 Å². The zero-order chi connectivity index (χ0) is 27.9. The molecule has 39 heavy (non-hydrogen) atoms. The number of pyridine rings is 1. The van der Waals surface area contributed by atoms with Gasteiger partial charge in [-0.15, -0.1) is 0 Å². The molecular formula is C25H27Cl2N5O5S2. The van der Waals surface area contributed by atoms with Crippen LogP contribution in [-0.2, 0) is 31.2 Å². The summed E-state index contributed by atoms with van der Waals surface area (Å²) in [6.07, 6.45) is 3.98. The Labute approximate surface area is 237 Å². The molecule has 0 fully saturated rings. The normalized spacial score (nSPS) is 12.2. The number of rotatable bonds is 14. The summed E-state index contributed by atoms with van der Waals surface area (Å²) in [5.74, 6) is 0. The van der Waals surface area contributed by atoms with Crippen LogP contribution in [0, 0.1) is 0 Å². The number of aromatic amines is 1. The molecule has 0 aliphatic carbocycles. The molecule has 4 N–H and O–H groups in total. The summed E-state index contributed by atoms with van der Waals surface area (Å²) in [6, 6.07) is 13.7. The lowest BCUT2D eigenvalue weighted by atomic mass is 10.2. The smallest absolute Gasteiger partial charge is 0.261 e. The van der Waals surface area contributed by atoms with Crippen molar-refractivity contribution < 1.29 is 21.6 Å². The number of anilines is 1. The van der Waals surface area contributed by atoms with E-state index in [2.05, 4.69) is 24.7 Å². The van der Waals surface area contributed by atoms with Gasteiger partial charge in [0.15, 0.2) is 0 Å². The van der Waals surface area contributed by atoms with E-state index in [1.54, 1.807) is 6.20 Å². The van der Waals surface area contributed by atoms with Crippen LogP contribution in [-0.4, -0.2) is 59.7 Å². The fourth-order valence-electron chi connectivity index (χ4n) is 3.71. The van der Waals surface area contributed by atoms with Crippen molar-refractivity contribution in [3.8, 4) is 0 Å². The average molecular weight is 613 g/mol. The monoisotopic (exact) mass is 611 g/mol. The molecule has 0 unspecified atom stereocenters. The number of benzene rings is 2. The quantitative estimate of drug-likeness (QED) is 0.159. The molecule has 4 rings (SSSR count). The number of nitrogens with zero attached hydrogens (tertiary/aromatic N) is 1. The highest BCUT2D eigenvalue weighted by atomic mass is 35.5. The van der Waals surface area contributed by atoms with E-state index in [0.29, 0.717) is 47.3 Å². The van der Waals surface area contributed by atoms with Gasteiger partial charge in [0.05, 0.1) is 44.3 Å². The Hall–Kier alpha value is -2.71. The van der Waals surface area contributed by atoms with Crippen molar-refractivity contribution in [1.82, 2.24) is 20.0 Å². The van der Waals surface area contributed by atoms with E-state index in [1.165, 1.54) is 42.6 Å². The second kappa shape index (κ2) is 13.1. The Balaban J connectivity index is 1.24. The van der Waals surface area contributed by atoms with Crippen molar-refractivity contribution >= 4 is 59.8 Å². The van der Waals surface area contributed by atoms with Crippen LogP contribution in [0.4, 0.5) is 5.69 Å². The van der Waals surface area contributed by atoms with Gasteiger partial charge in [0.1, 0.15) is 0 Å². The average Bonchev–Trinajstić information content (AvgIpc) is 3.32. The van der Waals surface area contributed by atoms with Gasteiger partial charge >= 0.3 is 0 Å². The summed E-state index contributed by atoms with van der Waals surface area (Å²) < 4.78 is 61.6. The molecule has 0 saturated carbocycles. The van der Waals surface area contributed by atoms with E-state index < -0.39 is 20.0 Å². The topological polar surface area (TPSA) is 142 Å². The van der Waals surface area contributed by atoms with Crippen LogP contribution in [0.3, 0.4) is 0 Å². The standard InChI is InChI=1S/C25H27Cl2N5O5S2/c26-21-8-9-23(25-24(21)22(27)17-30-25)32-39(35,36)20-6-4-19(5-7-20)38(33,34)31-13-12-28-14-16-37-15-10-18-3-1-2-11-29-18/h1-9,11,17,28,30-32H,10,12-16H2. The molecular weight excluding hydrogens is 585 g/mol. The van der Waals surface area contributed by atoms with Gasteiger partial charge in [-0.3, -0.25) is 9.71 Å². The molecule has 10 nitrogen and oxygen atoms in total. The number of H-pyrrole nitrogens is 1. The van der Waals surface area contributed by atoms with Gasteiger partial charge in [-0.25, -0.2) is 21.6 Å². The maximum absolute atomic E-state index is 12.9. The summed E-state index contributed by atoms with van der Waals surface area (Å²) in [7, 11) is -7.84. The minimum atomic E-state index is -4.02. The summed E-state index contributed by atoms with van der Waals surface area (Å²) in [6.45, 7) is 2.16. The molecule has 14 heteroatoms. The molecule has 208 valence electrons. The van der Waals surface area contributed by atoms with E-state index in [0.717, 1.165) is 12.1 Å². The van der Waals surface area contributed by atoms with Gasteiger partial charge in [-0.1, -0.05) is 29.3 Å². The Morgan fingerprint density at radius 3 is 2.28 bits per heavy atom. The van der Waals surface area contributed by atoms with Crippen molar-refractivity contribution in [2.75, 3.05) is 37.6 Å². The van der Waals surface area contributed by atoms with Crippen molar-refractivity contribution in [2.45, 2.75) is 16.2 Å². The summed E-state index contributed by atoms with van der Waals surface area (Å²) in [5, 5.41) is 4.33. The molecule has 0 amide bonds. The predicted octanol–water partition coefficient (Wildman–Crippen LogP) is 3.80. The lowest BCUT2D eigenvalue weighted by molar-refractivity contribution is 0.138. The molecule has 0 aliphatic rings. The maximum Gasteiger partial charge on any atom is 0.261 e. The molecule has 2 aromatic carbocycles. The third-order valence-corrected chi connectivity index (χ3v) is 9.14. The van der Waals surface area contributed by atoms with Crippen LogP contribution in [0.1, 0.15) is 5.69 Å². The summed E-state index contributed by atoms with van der Waals surface area (Å²) >= 11 is 12.3. The zero-order valence-corrected chi connectivity index (χ0v) is 23.8. The van der Waals surface area contributed by atoms with Crippen LogP contribution >= 0.6 is 23.2 Å². The molecule has 0 aliphatic heterocycles. The summed E-state index contributed by atoms with van der Waals surface area (Å²) in [4.78, 5) is 6.97. The molecule has 0 spiro atoms. The lowest BCUT2D eigenvalue weighted by Crippen LogP contribution is -2.33. The number of ether oxygens (including phenoxy) is 1. The molecule has 4 aromatic rings. The number of hydrogen-bond donors (Lipinski definition) is 4. The fourth-order valence-corrected chi connectivity index (χ4v) is 6.37. The van der Waals surface area contributed by atoms with E-state index in [4.69, 9.17) is 27.9 Å². The minimum absolute atomic E-state index is 0.0515. The van der Waals surface area contributed by atoms with E-state index in [9.17, 15) is 16.8 Å². The SMILES string of the molecule is O=S(=O)(NCCNCCOCCc1ccccn1)c1ccc(S(=O)(=O)Nc2ccc(Cl)c3c(Cl)c[nH]c23)cc1. The molecule has 0 bridgehead atoms. The highest BCUT2D eigenvalue weighted by Crippen LogP contribution is 2.35. The fraction of sp³-hybridized carbons (Fsp3) is 0.240. The molecule has 0 atom stereocenters. The number of sulfonamides is 2. The van der Waals surface area contributed by atoms with Crippen molar-refractivity contribution in [1.29, 1.82) is 0 Å². The number of halogens is 2. The zero-order valence-electron chi connectivity index (χ0n) is 20.7. The predicted molar refractivity (Wildman–Crippen MR) is 152 cm³/mol. The summed E-state index contributed by atoms with van der Waals surface area (Å²) in [5.41, 5.74) is 1.65. The van der Waals surface area contributed by atoms with Gasteiger partial charge < -0.3 is 15.0 Å². The first-order valence-electron chi connectivity index (χ1n) is 11.9. The number of aromatic nitrogens is 2. The molecule has 2 aromatic heterocycles. The van der Waals surface area contributed by atoms with Crippen LogP contribution in [0.25, 0.3) is 10.9 Å². The number of nitrogens with one attached hydrogen (secondary N) is 4. The molecule has 0 radical (unpaired) electrons. The van der Waals surface area contributed by atoms with E-state index in [-0.39, 0.29) is 22.0 Å². The number of fused-ring (bicyclic) bond motifs is 1. The van der Waals surface area contributed by atoms with E-state index >= 15 is 0 Å². The number of hydrogen-bond acceptors (Lipinski definition) is 7. The highest BCUT2D eigenvalue weighted by Gasteiger charge is 2.20.